The first-order valence-electron chi connectivity index (χ1n) is 18.8. The first kappa shape index (κ1) is 30.0. The molecule has 9 aromatic carbocycles. The third-order valence-corrected chi connectivity index (χ3v) is 12.8. The molecule has 0 fully saturated rings. The Morgan fingerprint density at radius 2 is 0.981 bits per heavy atom. The molecule has 0 spiro atoms. The molecule has 252 valence electrons. The molecule has 1 aliphatic rings. The maximum absolute atomic E-state index is 6.30. The second-order valence-corrected chi connectivity index (χ2v) is 15.7. The van der Waals surface area contributed by atoms with Gasteiger partial charge in [-0.2, -0.15) is 0 Å². The van der Waals surface area contributed by atoms with Crippen LogP contribution in [0.1, 0.15) is 12.8 Å². The molecule has 0 amide bonds. The Kier molecular flexibility index (Phi) is 6.40. The van der Waals surface area contributed by atoms with Crippen LogP contribution in [0.5, 0.6) is 0 Å². The zero-order valence-corrected chi connectivity index (χ0v) is 30.2. The third kappa shape index (κ3) is 4.38. The van der Waals surface area contributed by atoms with E-state index in [0.717, 1.165) is 24.0 Å². The van der Waals surface area contributed by atoms with Crippen LogP contribution in [0.3, 0.4) is 0 Å². The summed E-state index contributed by atoms with van der Waals surface area (Å²) < 4.78 is 8.93. The standard InChI is InChI=1S/C52H32OS/c1-2-12-31(13-3-1)35-23-24-43(37-15-5-4-14-36(35)37)52-41-19-8-6-17-39(41)51(40-18-7-9-20-42(40)52)32-22-25-49-45(26-32)46-28-33-29-48-44(27-34(33)30-50(46)54-49)38-16-10-11-21-47(38)53-48/h1-6,8,10-30H,7,9H2. The van der Waals surface area contributed by atoms with Gasteiger partial charge >= 0.3 is 0 Å². The molecule has 1 nitrogen and oxygen atoms in total. The van der Waals surface area contributed by atoms with Gasteiger partial charge in [0.15, 0.2) is 0 Å². The number of fused-ring (bicyclic) bond motifs is 10. The van der Waals surface area contributed by atoms with E-state index in [1.807, 2.05) is 17.4 Å². The fourth-order valence-electron chi connectivity index (χ4n) is 9.24. The molecule has 11 aromatic rings. The second-order valence-electron chi connectivity index (χ2n) is 14.6. The first-order chi connectivity index (χ1) is 26.8. The molecule has 0 unspecified atom stereocenters. The summed E-state index contributed by atoms with van der Waals surface area (Å²) in [4.78, 5) is 0. The van der Waals surface area contributed by atoms with Crippen LogP contribution in [-0.4, -0.2) is 0 Å². The van der Waals surface area contributed by atoms with E-state index in [2.05, 4.69) is 164 Å². The molecule has 0 aliphatic heterocycles. The van der Waals surface area contributed by atoms with Crippen LogP contribution in [0, 0.1) is 0 Å². The van der Waals surface area contributed by atoms with Gasteiger partial charge in [-0.05, 0) is 131 Å². The lowest BCUT2D eigenvalue weighted by Crippen LogP contribution is -2.31. The van der Waals surface area contributed by atoms with Crippen LogP contribution in [0.15, 0.2) is 162 Å². The van der Waals surface area contributed by atoms with E-state index in [4.69, 9.17) is 4.42 Å². The van der Waals surface area contributed by atoms with Gasteiger partial charge in [0.2, 0.25) is 0 Å². The fraction of sp³-hybridized carbons (Fsp3) is 0.0385. The Bertz CT molecular complexity index is 3490. The highest BCUT2D eigenvalue weighted by Crippen LogP contribution is 2.42. The van der Waals surface area contributed by atoms with E-state index in [-0.39, 0.29) is 0 Å². The van der Waals surface area contributed by atoms with Gasteiger partial charge in [0, 0.05) is 30.9 Å². The molecule has 0 atom stereocenters. The zero-order chi connectivity index (χ0) is 35.3. The van der Waals surface area contributed by atoms with Crippen molar-refractivity contribution in [2.75, 3.05) is 0 Å². The molecular weight excluding hydrogens is 673 g/mol. The predicted octanol–water partition coefficient (Wildman–Crippen LogP) is 13.8. The normalized spacial score (nSPS) is 13.0. The van der Waals surface area contributed by atoms with Crippen molar-refractivity contribution in [1.29, 1.82) is 0 Å². The van der Waals surface area contributed by atoms with E-state index < -0.39 is 0 Å². The van der Waals surface area contributed by atoms with E-state index in [0.29, 0.717) is 0 Å². The van der Waals surface area contributed by atoms with Crippen molar-refractivity contribution in [3.63, 3.8) is 0 Å². The van der Waals surface area contributed by atoms with E-state index in [9.17, 15) is 0 Å². The molecule has 2 heterocycles. The zero-order valence-electron chi connectivity index (χ0n) is 29.4. The number of benzene rings is 9. The van der Waals surface area contributed by atoms with Crippen LogP contribution in [0.2, 0.25) is 0 Å². The van der Waals surface area contributed by atoms with Crippen molar-refractivity contribution in [2.45, 2.75) is 12.8 Å². The highest BCUT2D eigenvalue weighted by atomic mass is 32.1. The number of hydrogen-bond donors (Lipinski definition) is 0. The molecular formula is C52H32OS. The maximum Gasteiger partial charge on any atom is 0.136 e. The van der Waals surface area contributed by atoms with Gasteiger partial charge in [0.1, 0.15) is 11.2 Å². The lowest BCUT2D eigenvalue weighted by atomic mass is 9.84. The number of hydrogen-bond acceptors (Lipinski definition) is 2. The fourth-order valence-corrected chi connectivity index (χ4v) is 10.4. The highest BCUT2D eigenvalue weighted by molar-refractivity contribution is 7.25. The third-order valence-electron chi connectivity index (χ3n) is 11.6. The van der Waals surface area contributed by atoms with Gasteiger partial charge in [0.25, 0.3) is 0 Å². The van der Waals surface area contributed by atoms with Crippen molar-refractivity contribution >= 4 is 97.9 Å². The second kappa shape index (κ2) is 11.5. The average molecular weight is 705 g/mol. The Hall–Kier alpha value is -6.48. The smallest absolute Gasteiger partial charge is 0.136 e. The van der Waals surface area contributed by atoms with E-state index in [1.165, 1.54) is 107 Å². The van der Waals surface area contributed by atoms with Crippen molar-refractivity contribution < 1.29 is 4.42 Å². The largest absolute Gasteiger partial charge is 0.456 e. The highest BCUT2D eigenvalue weighted by Gasteiger charge is 2.20. The Morgan fingerprint density at radius 1 is 0.370 bits per heavy atom. The molecule has 0 radical (unpaired) electrons. The molecule has 0 saturated heterocycles. The lowest BCUT2D eigenvalue weighted by Gasteiger charge is -2.19. The Morgan fingerprint density at radius 3 is 1.80 bits per heavy atom. The molecule has 2 heteroatoms. The van der Waals surface area contributed by atoms with Gasteiger partial charge in [0.05, 0.1) is 0 Å². The Labute approximate surface area is 315 Å². The lowest BCUT2D eigenvalue weighted by molar-refractivity contribution is 0.669. The van der Waals surface area contributed by atoms with Gasteiger partial charge in [-0.15, -0.1) is 11.3 Å². The Balaban J connectivity index is 1.10. The van der Waals surface area contributed by atoms with E-state index in [1.54, 1.807) is 0 Å². The number of furan rings is 1. The van der Waals surface area contributed by atoms with Crippen LogP contribution in [-0.2, 0) is 0 Å². The minimum absolute atomic E-state index is 0.938. The molecule has 0 saturated carbocycles. The molecule has 0 bridgehead atoms. The molecule has 2 aromatic heterocycles. The summed E-state index contributed by atoms with van der Waals surface area (Å²) >= 11 is 1.89. The summed E-state index contributed by atoms with van der Waals surface area (Å²) in [6.45, 7) is 0. The summed E-state index contributed by atoms with van der Waals surface area (Å²) in [5.41, 5.74) is 9.62. The quantitative estimate of drug-likeness (QED) is 0.178. The van der Waals surface area contributed by atoms with Crippen molar-refractivity contribution in [3.8, 4) is 33.4 Å². The molecule has 12 rings (SSSR count). The number of rotatable bonds is 3. The van der Waals surface area contributed by atoms with Crippen molar-refractivity contribution in [2.24, 2.45) is 0 Å². The monoisotopic (exact) mass is 704 g/mol. The van der Waals surface area contributed by atoms with Crippen LogP contribution in [0.25, 0.3) is 120 Å². The van der Waals surface area contributed by atoms with Gasteiger partial charge in [-0.3, -0.25) is 0 Å². The molecule has 1 aliphatic carbocycles. The number of thiophene rings is 1. The summed E-state index contributed by atoms with van der Waals surface area (Å²) in [6, 6.07) is 58.2. The first-order valence-corrected chi connectivity index (χ1v) is 19.6. The van der Waals surface area contributed by atoms with Gasteiger partial charge in [-0.25, -0.2) is 0 Å². The van der Waals surface area contributed by atoms with Crippen LogP contribution < -0.4 is 10.4 Å². The maximum atomic E-state index is 6.30. The van der Waals surface area contributed by atoms with E-state index >= 15 is 0 Å². The number of para-hydroxylation sites is 1. The summed E-state index contributed by atoms with van der Waals surface area (Å²) in [5.74, 6) is 0. The topological polar surface area (TPSA) is 13.1 Å². The summed E-state index contributed by atoms with van der Waals surface area (Å²) in [5, 5.41) is 15.3. The molecule has 54 heavy (non-hydrogen) atoms. The molecule has 0 N–H and O–H groups in total. The minimum atomic E-state index is 0.938. The average Bonchev–Trinajstić information content (AvgIpc) is 3.77. The van der Waals surface area contributed by atoms with Gasteiger partial charge < -0.3 is 4.42 Å². The summed E-state index contributed by atoms with van der Waals surface area (Å²) in [7, 11) is 0. The predicted molar refractivity (Wildman–Crippen MR) is 233 cm³/mol. The van der Waals surface area contributed by atoms with Gasteiger partial charge in [-0.1, -0.05) is 127 Å². The summed E-state index contributed by atoms with van der Waals surface area (Å²) in [6.07, 6.45) is 7.06. The van der Waals surface area contributed by atoms with Crippen molar-refractivity contribution in [1.82, 2.24) is 0 Å². The van der Waals surface area contributed by atoms with Crippen LogP contribution >= 0.6 is 11.3 Å². The van der Waals surface area contributed by atoms with Crippen molar-refractivity contribution in [3.05, 3.63) is 168 Å². The SMILES string of the molecule is C1=c2c(-c3ccc4sc5cc6cc7c(cc6cc5c4c3)oc3ccccc37)c3ccccc3c(-c3ccc(-c4ccccc4)c4ccccc34)c2=CCC1. The van der Waals surface area contributed by atoms with Crippen LogP contribution in [0.4, 0.5) is 0 Å². The minimum Gasteiger partial charge on any atom is -0.456 e.